The molecule has 1 aromatic rings. The van der Waals surface area contributed by atoms with E-state index in [4.69, 9.17) is 18.9 Å². The van der Waals surface area contributed by atoms with E-state index in [2.05, 4.69) is 9.47 Å². The summed E-state index contributed by atoms with van der Waals surface area (Å²) in [6.07, 6.45) is -3.63. The van der Waals surface area contributed by atoms with E-state index >= 15 is 0 Å². The van der Waals surface area contributed by atoms with Gasteiger partial charge in [-0.3, -0.25) is 9.59 Å². The standard InChI is InChI=1S/C19H24O10/c1-10(17(22)24-5)26-14-8-7-9-15(27-11(2)18(23)25-6)16(14)19(28-12(3)20)29-13(4)21/h7-11,19H,1-6H3. The summed E-state index contributed by atoms with van der Waals surface area (Å²) in [5, 5.41) is 0. The molecule has 10 heteroatoms. The van der Waals surface area contributed by atoms with Crippen molar-refractivity contribution in [1.82, 2.24) is 0 Å². The molecule has 160 valence electrons. The Morgan fingerprint density at radius 2 is 1.14 bits per heavy atom. The average Bonchev–Trinajstić information content (AvgIpc) is 2.65. The van der Waals surface area contributed by atoms with E-state index in [0.717, 1.165) is 13.8 Å². The minimum Gasteiger partial charge on any atom is -0.478 e. The molecule has 0 radical (unpaired) electrons. The Kier molecular flexibility index (Phi) is 8.91. The lowest BCUT2D eigenvalue weighted by Crippen LogP contribution is -2.28. The first-order chi connectivity index (χ1) is 13.6. The zero-order valence-electron chi connectivity index (χ0n) is 17.0. The Bertz CT molecular complexity index is 699. The molecule has 0 aliphatic carbocycles. The average molecular weight is 412 g/mol. The maximum atomic E-state index is 11.7. The van der Waals surface area contributed by atoms with E-state index in [9.17, 15) is 19.2 Å². The molecule has 2 atom stereocenters. The fraction of sp³-hybridized carbons (Fsp3) is 0.474. The second-order valence-corrected chi connectivity index (χ2v) is 5.79. The summed E-state index contributed by atoms with van der Waals surface area (Å²) in [6.45, 7) is 5.11. The summed E-state index contributed by atoms with van der Waals surface area (Å²) in [6, 6.07) is 4.41. The first kappa shape index (κ1) is 23.7. The molecule has 0 spiro atoms. The third kappa shape index (κ3) is 6.98. The normalized spacial score (nSPS) is 12.4. The molecule has 0 saturated carbocycles. The molecule has 0 saturated heterocycles. The number of carbonyl (C=O) groups excluding carboxylic acids is 4. The lowest BCUT2D eigenvalue weighted by Gasteiger charge is -2.24. The molecule has 0 bridgehead atoms. The van der Waals surface area contributed by atoms with Crippen molar-refractivity contribution in [2.75, 3.05) is 14.2 Å². The number of ether oxygens (including phenoxy) is 6. The molecule has 29 heavy (non-hydrogen) atoms. The second kappa shape index (κ2) is 10.9. The lowest BCUT2D eigenvalue weighted by atomic mass is 10.1. The van der Waals surface area contributed by atoms with E-state index < -0.39 is 42.4 Å². The van der Waals surface area contributed by atoms with Crippen LogP contribution < -0.4 is 9.47 Å². The van der Waals surface area contributed by atoms with Crippen molar-refractivity contribution in [2.24, 2.45) is 0 Å². The van der Waals surface area contributed by atoms with Crippen LogP contribution in [-0.4, -0.2) is 50.3 Å². The maximum absolute atomic E-state index is 11.7. The van der Waals surface area contributed by atoms with Gasteiger partial charge >= 0.3 is 23.9 Å². The molecule has 0 aromatic heterocycles. The molecule has 0 heterocycles. The summed E-state index contributed by atoms with van der Waals surface area (Å²) >= 11 is 0. The number of hydrogen-bond donors (Lipinski definition) is 0. The summed E-state index contributed by atoms with van der Waals surface area (Å²) in [4.78, 5) is 46.6. The van der Waals surface area contributed by atoms with E-state index in [-0.39, 0.29) is 17.1 Å². The van der Waals surface area contributed by atoms with Crippen molar-refractivity contribution in [3.05, 3.63) is 23.8 Å². The van der Waals surface area contributed by atoms with Gasteiger partial charge in [0.2, 0.25) is 0 Å². The van der Waals surface area contributed by atoms with Crippen LogP contribution >= 0.6 is 0 Å². The fourth-order valence-corrected chi connectivity index (χ4v) is 2.21. The van der Waals surface area contributed by atoms with Crippen LogP contribution in [0.25, 0.3) is 0 Å². The molecule has 1 aromatic carbocycles. The lowest BCUT2D eigenvalue weighted by molar-refractivity contribution is -0.187. The number of carbonyl (C=O) groups is 4. The Balaban J connectivity index is 3.48. The highest BCUT2D eigenvalue weighted by atomic mass is 16.7. The van der Waals surface area contributed by atoms with Gasteiger partial charge in [0.25, 0.3) is 6.29 Å². The maximum Gasteiger partial charge on any atom is 0.346 e. The van der Waals surface area contributed by atoms with Crippen LogP contribution in [0, 0.1) is 0 Å². The van der Waals surface area contributed by atoms with Gasteiger partial charge in [-0.05, 0) is 26.0 Å². The molecular formula is C19H24O10. The van der Waals surface area contributed by atoms with E-state index in [1.165, 1.54) is 46.3 Å². The molecular weight excluding hydrogens is 388 g/mol. The van der Waals surface area contributed by atoms with Crippen LogP contribution in [0.15, 0.2) is 18.2 Å². The van der Waals surface area contributed by atoms with Crippen LogP contribution in [0.4, 0.5) is 0 Å². The minimum atomic E-state index is -1.55. The van der Waals surface area contributed by atoms with Gasteiger partial charge in [0.1, 0.15) is 17.1 Å². The van der Waals surface area contributed by atoms with Gasteiger partial charge in [-0.25, -0.2) is 9.59 Å². The summed E-state index contributed by atoms with van der Waals surface area (Å²) < 4.78 is 30.6. The largest absolute Gasteiger partial charge is 0.478 e. The summed E-state index contributed by atoms with van der Waals surface area (Å²) in [5.41, 5.74) is -0.00981. The molecule has 0 fully saturated rings. The van der Waals surface area contributed by atoms with Crippen molar-refractivity contribution in [3.63, 3.8) is 0 Å². The van der Waals surface area contributed by atoms with Gasteiger partial charge < -0.3 is 28.4 Å². The fourth-order valence-electron chi connectivity index (χ4n) is 2.21. The SMILES string of the molecule is COC(=O)C(C)Oc1cccc(OC(C)C(=O)OC)c1C(OC(C)=O)OC(C)=O. The quantitative estimate of drug-likeness (QED) is 0.336. The Morgan fingerprint density at radius 3 is 1.45 bits per heavy atom. The predicted octanol–water partition coefficient (Wildman–Crippen LogP) is 1.69. The number of hydrogen-bond acceptors (Lipinski definition) is 10. The first-order valence-electron chi connectivity index (χ1n) is 8.57. The van der Waals surface area contributed by atoms with Crippen molar-refractivity contribution >= 4 is 23.9 Å². The molecule has 1 rings (SSSR count). The van der Waals surface area contributed by atoms with E-state index in [1.54, 1.807) is 0 Å². The van der Waals surface area contributed by atoms with Crippen LogP contribution in [0.1, 0.15) is 39.5 Å². The van der Waals surface area contributed by atoms with Crippen molar-refractivity contribution in [3.8, 4) is 11.5 Å². The molecule has 2 unspecified atom stereocenters. The van der Waals surface area contributed by atoms with Crippen molar-refractivity contribution in [2.45, 2.75) is 46.2 Å². The Hall–Kier alpha value is -3.30. The monoisotopic (exact) mass is 412 g/mol. The number of benzene rings is 1. The summed E-state index contributed by atoms with van der Waals surface area (Å²) in [5.74, 6) is -2.79. The Labute approximate surface area is 168 Å². The molecule has 0 amide bonds. The van der Waals surface area contributed by atoms with Crippen LogP contribution in [-0.2, 0) is 38.1 Å². The van der Waals surface area contributed by atoms with Gasteiger partial charge in [-0.1, -0.05) is 6.07 Å². The van der Waals surface area contributed by atoms with Gasteiger partial charge in [0.05, 0.1) is 14.2 Å². The second-order valence-electron chi connectivity index (χ2n) is 5.79. The van der Waals surface area contributed by atoms with Crippen LogP contribution in [0.2, 0.25) is 0 Å². The third-order valence-electron chi connectivity index (χ3n) is 3.48. The van der Waals surface area contributed by atoms with Gasteiger partial charge in [-0.2, -0.15) is 0 Å². The molecule has 0 aliphatic rings. The van der Waals surface area contributed by atoms with E-state index in [0.29, 0.717) is 0 Å². The Morgan fingerprint density at radius 1 is 0.759 bits per heavy atom. The predicted molar refractivity (Wildman–Crippen MR) is 96.9 cm³/mol. The third-order valence-corrected chi connectivity index (χ3v) is 3.48. The minimum absolute atomic E-state index is 0.00981. The first-order valence-corrected chi connectivity index (χ1v) is 8.57. The van der Waals surface area contributed by atoms with Gasteiger partial charge in [0, 0.05) is 13.8 Å². The van der Waals surface area contributed by atoms with Crippen molar-refractivity contribution < 1.29 is 47.6 Å². The van der Waals surface area contributed by atoms with Gasteiger partial charge in [0.15, 0.2) is 12.2 Å². The number of rotatable bonds is 9. The molecule has 0 N–H and O–H groups in total. The zero-order chi connectivity index (χ0) is 22.1. The number of methoxy groups -OCH3 is 2. The highest BCUT2D eigenvalue weighted by molar-refractivity contribution is 5.75. The van der Waals surface area contributed by atoms with Crippen LogP contribution in [0.3, 0.4) is 0 Å². The topological polar surface area (TPSA) is 124 Å². The van der Waals surface area contributed by atoms with Crippen molar-refractivity contribution in [1.29, 1.82) is 0 Å². The van der Waals surface area contributed by atoms with Gasteiger partial charge in [-0.15, -0.1) is 0 Å². The highest BCUT2D eigenvalue weighted by Crippen LogP contribution is 2.38. The molecule has 0 aliphatic heterocycles. The van der Waals surface area contributed by atoms with Crippen LogP contribution in [0.5, 0.6) is 11.5 Å². The molecule has 10 nitrogen and oxygen atoms in total. The number of esters is 4. The van der Waals surface area contributed by atoms with E-state index in [1.807, 2.05) is 0 Å². The highest BCUT2D eigenvalue weighted by Gasteiger charge is 2.30. The summed E-state index contributed by atoms with van der Waals surface area (Å²) in [7, 11) is 2.39. The zero-order valence-corrected chi connectivity index (χ0v) is 17.0. The smallest absolute Gasteiger partial charge is 0.346 e.